The molecule has 1 rings (SSSR count). The van der Waals surface area contributed by atoms with E-state index >= 15 is 0 Å². The van der Waals surface area contributed by atoms with Crippen molar-refractivity contribution in [3.05, 3.63) is 0 Å². The van der Waals surface area contributed by atoms with Gasteiger partial charge in [-0.1, -0.05) is 6.92 Å². The second-order valence-electron chi connectivity index (χ2n) is 4.58. The molecule has 0 bridgehead atoms. The lowest BCUT2D eigenvalue weighted by molar-refractivity contribution is -0.148. The molecular formula is C11H19NO6S. The maximum atomic E-state index is 12.0. The molecule has 0 saturated carbocycles. The number of rotatable bonds is 6. The number of carbonyl (C=O) groups is 2. The first-order valence-corrected chi connectivity index (χ1v) is 7.75. The largest absolute Gasteiger partial charge is 0.481 e. The molecule has 0 amide bonds. The minimum Gasteiger partial charge on any atom is -0.481 e. The van der Waals surface area contributed by atoms with Crippen LogP contribution in [-0.2, 0) is 24.3 Å². The number of carbonyl (C=O) groups excluding carboxylic acids is 1. The third-order valence-corrected chi connectivity index (χ3v) is 5.15. The minimum atomic E-state index is -3.80. The molecule has 7 nitrogen and oxygen atoms in total. The lowest BCUT2D eigenvalue weighted by Gasteiger charge is -2.22. The molecule has 0 spiro atoms. The van der Waals surface area contributed by atoms with Crippen LogP contribution in [0.3, 0.4) is 0 Å². The fourth-order valence-electron chi connectivity index (χ4n) is 2.13. The first kappa shape index (κ1) is 15.9. The van der Waals surface area contributed by atoms with E-state index in [1.807, 2.05) is 0 Å². The van der Waals surface area contributed by atoms with E-state index in [9.17, 15) is 23.1 Å². The van der Waals surface area contributed by atoms with E-state index in [0.717, 1.165) is 4.31 Å². The molecule has 1 N–H and O–H groups in total. The first-order valence-electron chi connectivity index (χ1n) is 6.14. The third kappa shape index (κ3) is 3.44. The molecule has 19 heavy (non-hydrogen) atoms. The lowest BCUT2D eigenvalue weighted by atomic mass is 9.85. The van der Waals surface area contributed by atoms with E-state index in [2.05, 4.69) is 4.74 Å². The highest BCUT2D eigenvalue weighted by atomic mass is 32.2. The van der Waals surface area contributed by atoms with Gasteiger partial charge in [-0.2, -0.15) is 0 Å². The smallest absolute Gasteiger partial charge is 0.322 e. The van der Waals surface area contributed by atoms with E-state index in [1.54, 1.807) is 13.8 Å². The Morgan fingerprint density at radius 1 is 1.37 bits per heavy atom. The van der Waals surface area contributed by atoms with Crippen LogP contribution in [0.5, 0.6) is 0 Å². The summed E-state index contributed by atoms with van der Waals surface area (Å²) in [4.78, 5) is 22.5. The average Bonchev–Trinajstić information content (AvgIpc) is 2.74. The number of aliphatic carboxylic acids is 1. The van der Waals surface area contributed by atoms with Crippen LogP contribution in [-0.4, -0.2) is 55.2 Å². The highest BCUT2D eigenvalue weighted by molar-refractivity contribution is 7.89. The highest BCUT2D eigenvalue weighted by Gasteiger charge is 2.47. The zero-order chi connectivity index (χ0) is 14.7. The van der Waals surface area contributed by atoms with Gasteiger partial charge in [-0.25, -0.2) is 12.7 Å². The van der Waals surface area contributed by atoms with Crippen molar-refractivity contribution < 1.29 is 27.9 Å². The Balaban J connectivity index is 2.78. The maximum absolute atomic E-state index is 12.0. The van der Waals surface area contributed by atoms with Crippen molar-refractivity contribution in [2.75, 3.05) is 25.4 Å². The van der Waals surface area contributed by atoms with Crippen molar-refractivity contribution in [2.24, 2.45) is 5.41 Å². The molecular weight excluding hydrogens is 274 g/mol. The van der Waals surface area contributed by atoms with Gasteiger partial charge in [0.1, 0.15) is 0 Å². The number of hydrogen-bond donors (Lipinski definition) is 1. The summed E-state index contributed by atoms with van der Waals surface area (Å²) in [5.74, 6) is -2.55. The van der Waals surface area contributed by atoms with Gasteiger partial charge in [0, 0.05) is 13.1 Å². The van der Waals surface area contributed by atoms with Crippen LogP contribution in [0.4, 0.5) is 0 Å². The summed E-state index contributed by atoms with van der Waals surface area (Å²) in [7, 11) is -3.80. The number of hydrogen-bond acceptors (Lipinski definition) is 5. The molecule has 1 atom stereocenters. The standard InChI is InChI=1S/C11H19NO6S/c1-3-11(10(14)15)5-6-12(8-11)19(16,17)7-9(13)18-4-2/h3-8H2,1-2H3,(H,14,15). The number of esters is 1. The Bertz CT molecular complexity index is 460. The zero-order valence-electron chi connectivity index (χ0n) is 11.1. The van der Waals surface area contributed by atoms with Crippen molar-refractivity contribution >= 4 is 22.0 Å². The topological polar surface area (TPSA) is 101 Å². The molecule has 1 fully saturated rings. The van der Waals surface area contributed by atoms with Crippen LogP contribution in [0, 0.1) is 5.41 Å². The van der Waals surface area contributed by atoms with Crippen LogP contribution in [0.25, 0.3) is 0 Å². The van der Waals surface area contributed by atoms with Crippen molar-refractivity contribution in [1.29, 1.82) is 0 Å². The van der Waals surface area contributed by atoms with Gasteiger partial charge in [-0.15, -0.1) is 0 Å². The average molecular weight is 293 g/mol. The first-order chi connectivity index (χ1) is 8.77. The summed E-state index contributed by atoms with van der Waals surface area (Å²) in [6.45, 7) is 3.47. The van der Waals surface area contributed by atoms with E-state index in [-0.39, 0.29) is 26.1 Å². The van der Waals surface area contributed by atoms with Crippen molar-refractivity contribution in [3.8, 4) is 0 Å². The predicted octanol–water partition coefficient (Wildman–Crippen LogP) is 0.0660. The van der Waals surface area contributed by atoms with Gasteiger partial charge in [0.2, 0.25) is 10.0 Å². The number of carboxylic acid groups (broad SMARTS) is 1. The summed E-state index contributed by atoms with van der Waals surface area (Å²) in [6.07, 6.45) is 0.620. The molecule has 0 aliphatic carbocycles. The summed E-state index contributed by atoms with van der Waals surface area (Å²) >= 11 is 0. The maximum Gasteiger partial charge on any atom is 0.322 e. The number of nitrogens with zero attached hydrogens (tertiary/aromatic N) is 1. The Hall–Kier alpha value is -1.15. The summed E-state index contributed by atoms with van der Waals surface area (Å²) in [5, 5.41) is 9.20. The van der Waals surface area contributed by atoms with Gasteiger partial charge in [0.15, 0.2) is 5.75 Å². The molecule has 1 aliphatic heterocycles. The number of carboxylic acids is 1. The van der Waals surface area contributed by atoms with Gasteiger partial charge in [-0.3, -0.25) is 9.59 Å². The summed E-state index contributed by atoms with van der Waals surface area (Å²) < 4.78 is 29.6. The molecule has 1 heterocycles. The molecule has 110 valence electrons. The quantitative estimate of drug-likeness (QED) is 0.695. The highest BCUT2D eigenvalue weighted by Crippen LogP contribution is 2.35. The lowest BCUT2D eigenvalue weighted by Crippen LogP contribution is -2.38. The molecule has 8 heteroatoms. The fourth-order valence-corrected chi connectivity index (χ4v) is 3.51. The minimum absolute atomic E-state index is 0.0828. The molecule has 0 aromatic heterocycles. The molecule has 0 aromatic rings. The van der Waals surface area contributed by atoms with Crippen molar-refractivity contribution in [1.82, 2.24) is 4.31 Å². The van der Waals surface area contributed by atoms with Crippen molar-refractivity contribution in [3.63, 3.8) is 0 Å². The van der Waals surface area contributed by atoms with E-state index in [0.29, 0.717) is 6.42 Å². The van der Waals surface area contributed by atoms with E-state index in [4.69, 9.17) is 0 Å². The number of ether oxygens (including phenoxy) is 1. The second kappa shape index (κ2) is 5.87. The summed E-state index contributed by atoms with van der Waals surface area (Å²) in [6, 6.07) is 0. The molecule has 0 radical (unpaired) electrons. The molecule has 0 aromatic carbocycles. The zero-order valence-corrected chi connectivity index (χ0v) is 11.9. The van der Waals surface area contributed by atoms with Crippen LogP contribution in [0.15, 0.2) is 0 Å². The number of sulfonamides is 1. The van der Waals surface area contributed by atoms with E-state index in [1.165, 1.54) is 0 Å². The normalized spacial score (nSPS) is 24.3. The van der Waals surface area contributed by atoms with Crippen molar-refractivity contribution in [2.45, 2.75) is 26.7 Å². The van der Waals surface area contributed by atoms with Crippen LogP contribution >= 0.6 is 0 Å². The third-order valence-electron chi connectivity index (χ3n) is 3.45. The Morgan fingerprint density at radius 3 is 2.42 bits per heavy atom. The van der Waals surface area contributed by atoms with Gasteiger partial charge >= 0.3 is 11.9 Å². The predicted molar refractivity (Wildman–Crippen MR) is 67.0 cm³/mol. The van der Waals surface area contributed by atoms with E-state index < -0.39 is 33.1 Å². The van der Waals surface area contributed by atoms with Crippen LogP contribution in [0.1, 0.15) is 26.7 Å². The van der Waals surface area contributed by atoms with Gasteiger partial charge in [-0.05, 0) is 19.8 Å². The molecule has 1 unspecified atom stereocenters. The SMILES string of the molecule is CCOC(=O)CS(=O)(=O)N1CCC(CC)(C(=O)O)C1. The monoisotopic (exact) mass is 293 g/mol. The van der Waals surface area contributed by atoms with Crippen LogP contribution in [0.2, 0.25) is 0 Å². The summed E-state index contributed by atoms with van der Waals surface area (Å²) in [5.41, 5.74) is -1.04. The Kier molecular flexibility index (Phi) is 4.92. The van der Waals surface area contributed by atoms with Crippen LogP contribution < -0.4 is 0 Å². The Morgan fingerprint density at radius 2 is 2.00 bits per heavy atom. The second-order valence-corrected chi connectivity index (χ2v) is 6.55. The molecule has 1 aliphatic rings. The Labute approximate surface area is 112 Å². The fraction of sp³-hybridized carbons (Fsp3) is 0.818. The molecule has 1 saturated heterocycles. The van der Waals surface area contributed by atoms with Gasteiger partial charge in [0.05, 0.1) is 12.0 Å². The van der Waals surface area contributed by atoms with Gasteiger partial charge < -0.3 is 9.84 Å². The van der Waals surface area contributed by atoms with Gasteiger partial charge in [0.25, 0.3) is 0 Å².